The van der Waals surface area contributed by atoms with Gasteiger partial charge in [0.05, 0.1) is 13.0 Å². The van der Waals surface area contributed by atoms with Crippen LogP contribution in [0.1, 0.15) is 35.1 Å². The number of hydrogen-bond acceptors (Lipinski definition) is 4. The second-order valence-electron chi connectivity index (χ2n) is 7.37. The molecule has 0 saturated heterocycles. The van der Waals surface area contributed by atoms with Gasteiger partial charge in [-0.1, -0.05) is 30.3 Å². The minimum Gasteiger partial charge on any atom is -0.488 e. The second-order valence-corrected chi connectivity index (χ2v) is 7.70. The number of hydrogen-bond donors (Lipinski definition) is 1. The molecule has 4 nitrogen and oxygen atoms in total. The highest BCUT2D eigenvalue weighted by Gasteiger charge is 2.37. The average Bonchev–Trinajstić information content (AvgIpc) is 2.78. The lowest BCUT2D eigenvalue weighted by Gasteiger charge is -2.31. The van der Waals surface area contributed by atoms with E-state index in [-0.39, 0.29) is 0 Å². The SMILES string of the molecule is CN(C)CCCC1(O)c2ccccc2COc2ccc(CCOCP)cc21. The smallest absolute Gasteiger partial charge is 0.126 e. The van der Waals surface area contributed by atoms with Crippen LogP contribution in [0.4, 0.5) is 0 Å². The summed E-state index contributed by atoms with van der Waals surface area (Å²) in [5, 5.41) is 11.9. The van der Waals surface area contributed by atoms with Crippen molar-refractivity contribution in [2.75, 3.05) is 33.6 Å². The Kier molecular flexibility index (Phi) is 6.88. The maximum Gasteiger partial charge on any atom is 0.126 e. The number of aliphatic hydroxyl groups is 1. The Labute approximate surface area is 164 Å². The van der Waals surface area contributed by atoms with Crippen molar-refractivity contribution in [1.82, 2.24) is 4.90 Å². The molecule has 1 heterocycles. The first-order chi connectivity index (χ1) is 13.0. The number of nitrogens with zero attached hydrogens (tertiary/aromatic N) is 1. The molecule has 5 heteroatoms. The van der Waals surface area contributed by atoms with Crippen molar-refractivity contribution in [3.63, 3.8) is 0 Å². The largest absolute Gasteiger partial charge is 0.488 e. The van der Waals surface area contributed by atoms with Crippen LogP contribution >= 0.6 is 9.24 Å². The number of ether oxygens (including phenoxy) is 2. The highest BCUT2D eigenvalue weighted by atomic mass is 31.0. The molecule has 3 rings (SSSR count). The van der Waals surface area contributed by atoms with E-state index in [1.54, 1.807) is 0 Å². The zero-order valence-electron chi connectivity index (χ0n) is 16.3. The van der Waals surface area contributed by atoms with Gasteiger partial charge >= 0.3 is 0 Å². The van der Waals surface area contributed by atoms with E-state index in [2.05, 4.69) is 40.4 Å². The zero-order chi connectivity index (χ0) is 19.3. The lowest BCUT2D eigenvalue weighted by atomic mass is 9.80. The summed E-state index contributed by atoms with van der Waals surface area (Å²) in [5.74, 6) is 0.772. The van der Waals surface area contributed by atoms with Gasteiger partial charge in [0.1, 0.15) is 18.0 Å². The second kappa shape index (κ2) is 9.16. The first-order valence-corrected chi connectivity index (χ1v) is 10.4. The van der Waals surface area contributed by atoms with Crippen molar-refractivity contribution in [2.45, 2.75) is 31.5 Å². The molecule has 0 aliphatic carbocycles. The lowest BCUT2D eigenvalue weighted by molar-refractivity contribution is 0.0657. The monoisotopic (exact) mass is 387 g/mol. The molecule has 0 spiro atoms. The molecule has 0 amide bonds. The van der Waals surface area contributed by atoms with E-state index in [1.165, 1.54) is 0 Å². The summed E-state index contributed by atoms with van der Waals surface area (Å²) in [7, 11) is 6.70. The predicted octanol–water partition coefficient (Wildman–Crippen LogP) is 3.55. The number of fused-ring (bicyclic) bond motifs is 2. The quantitative estimate of drug-likeness (QED) is 0.556. The van der Waals surface area contributed by atoms with E-state index in [0.29, 0.717) is 26.0 Å². The Hall–Kier alpha value is -1.45. The fraction of sp³-hybridized carbons (Fsp3) is 0.455. The Morgan fingerprint density at radius 2 is 2.00 bits per heavy atom. The van der Waals surface area contributed by atoms with Crippen molar-refractivity contribution in [3.8, 4) is 5.75 Å². The average molecular weight is 387 g/mol. The molecule has 2 aromatic rings. The van der Waals surface area contributed by atoms with Gasteiger partial charge in [-0.15, -0.1) is 9.24 Å². The normalized spacial score (nSPS) is 18.6. The van der Waals surface area contributed by atoms with Crippen molar-refractivity contribution in [2.24, 2.45) is 0 Å². The van der Waals surface area contributed by atoms with Gasteiger partial charge in [-0.3, -0.25) is 0 Å². The summed E-state index contributed by atoms with van der Waals surface area (Å²) in [6, 6.07) is 14.2. The van der Waals surface area contributed by atoms with Crippen LogP contribution in [-0.2, 0) is 23.4 Å². The number of rotatable bonds is 8. The molecule has 0 bridgehead atoms. The van der Waals surface area contributed by atoms with Crippen LogP contribution in [0.3, 0.4) is 0 Å². The van der Waals surface area contributed by atoms with Crippen molar-refractivity contribution < 1.29 is 14.6 Å². The Balaban J connectivity index is 1.99. The first kappa shape index (κ1) is 20.3. The van der Waals surface area contributed by atoms with Gasteiger partial charge < -0.3 is 19.5 Å². The van der Waals surface area contributed by atoms with Gasteiger partial charge in [0, 0.05) is 5.56 Å². The molecule has 0 aromatic heterocycles. The summed E-state index contributed by atoms with van der Waals surface area (Å²) >= 11 is 0. The van der Waals surface area contributed by atoms with Crippen molar-refractivity contribution in [3.05, 3.63) is 64.7 Å². The van der Waals surface area contributed by atoms with Crippen LogP contribution in [0.15, 0.2) is 42.5 Å². The van der Waals surface area contributed by atoms with E-state index < -0.39 is 5.60 Å². The zero-order valence-corrected chi connectivity index (χ0v) is 17.4. The molecule has 1 aliphatic heterocycles. The van der Waals surface area contributed by atoms with E-state index in [4.69, 9.17) is 9.47 Å². The Morgan fingerprint density at radius 3 is 2.78 bits per heavy atom. The third-order valence-electron chi connectivity index (χ3n) is 5.13. The molecular weight excluding hydrogens is 357 g/mol. The van der Waals surface area contributed by atoms with Crippen LogP contribution in [0.25, 0.3) is 0 Å². The summed E-state index contributed by atoms with van der Waals surface area (Å²) in [4.78, 5) is 2.15. The van der Waals surface area contributed by atoms with Gasteiger partial charge in [-0.2, -0.15) is 0 Å². The molecule has 0 saturated carbocycles. The fourth-order valence-corrected chi connectivity index (χ4v) is 3.89. The van der Waals surface area contributed by atoms with Crippen LogP contribution in [-0.4, -0.2) is 43.6 Å². The molecule has 146 valence electrons. The van der Waals surface area contributed by atoms with E-state index in [1.807, 2.05) is 30.3 Å². The minimum atomic E-state index is -1.05. The van der Waals surface area contributed by atoms with Crippen LogP contribution in [0.2, 0.25) is 0 Å². The predicted molar refractivity (Wildman–Crippen MR) is 112 cm³/mol. The summed E-state index contributed by atoms with van der Waals surface area (Å²) in [5.41, 5.74) is 2.99. The molecule has 0 radical (unpaired) electrons. The summed E-state index contributed by atoms with van der Waals surface area (Å²) in [6.07, 6.45) is 3.01. The third-order valence-corrected chi connectivity index (χ3v) is 5.37. The lowest BCUT2D eigenvalue weighted by Crippen LogP contribution is -2.29. The first-order valence-electron chi connectivity index (χ1n) is 9.54. The molecule has 2 unspecified atom stereocenters. The molecule has 0 fully saturated rings. The highest BCUT2D eigenvalue weighted by Crippen LogP contribution is 2.43. The van der Waals surface area contributed by atoms with Gasteiger partial charge in [-0.25, -0.2) is 0 Å². The van der Waals surface area contributed by atoms with Gasteiger partial charge in [-0.05, 0) is 68.7 Å². The summed E-state index contributed by atoms with van der Waals surface area (Å²) in [6.45, 7) is 2.08. The van der Waals surface area contributed by atoms with E-state index in [9.17, 15) is 5.11 Å². The molecule has 2 atom stereocenters. The minimum absolute atomic E-state index is 0.481. The standard InChI is InChI=1S/C22H30NO3P/c1-23(2)12-5-11-22(24)19-7-4-3-6-18(19)15-26-21-9-8-17(14-20(21)22)10-13-25-16-27/h3-4,6-9,14,24H,5,10-13,15-16,27H2,1-2H3. The topological polar surface area (TPSA) is 41.9 Å². The van der Waals surface area contributed by atoms with Crippen LogP contribution in [0.5, 0.6) is 5.75 Å². The maximum atomic E-state index is 11.9. The summed E-state index contributed by atoms with van der Waals surface area (Å²) < 4.78 is 11.5. The maximum absolute atomic E-state index is 11.9. The molecule has 1 N–H and O–H groups in total. The number of benzene rings is 2. The van der Waals surface area contributed by atoms with E-state index >= 15 is 0 Å². The van der Waals surface area contributed by atoms with Crippen molar-refractivity contribution in [1.29, 1.82) is 0 Å². The third kappa shape index (κ3) is 4.70. The van der Waals surface area contributed by atoms with Gasteiger partial charge in [0.2, 0.25) is 0 Å². The van der Waals surface area contributed by atoms with E-state index in [0.717, 1.165) is 47.4 Å². The van der Waals surface area contributed by atoms with Gasteiger partial charge in [0.15, 0.2) is 0 Å². The Morgan fingerprint density at radius 1 is 1.19 bits per heavy atom. The fourth-order valence-electron chi connectivity index (χ4n) is 3.73. The molecular formula is C22H30NO3P. The van der Waals surface area contributed by atoms with Crippen molar-refractivity contribution >= 4 is 9.24 Å². The Bertz CT molecular complexity index is 765. The van der Waals surface area contributed by atoms with Crippen LogP contribution in [0, 0.1) is 0 Å². The molecule has 1 aliphatic rings. The highest BCUT2D eigenvalue weighted by molar-refractivity contribution is 7.16. The van der Waals surface area contributed by atoms with Gasteiger partial charge in [0.25, 0.3) is 0 Å². The van der Waals surface area contributed by atoms with Crippen LogP contribution < -0.4 is 4.74 Å². The molecule has 27 heavy (non-hydrogen) atoms. The molecule has 2 aromatic carbocycles.